The van der Waals surface area contributed by atoms with Crippen LogP contribution in [0.3, 0.4) is 0 Å². The molecule has 0 radical (unpaired) electrons. The van der Waals surface area contributed by atoms with Crippen molar-refractivity contribution in [1.29, 1.82) is 0 Å². The Bertz CT molecular complexity index is 714. The summed E-state index contributed by atoms with van der Waals surface area (Å²) in [7, 11) is 3.83. The van der Waals surface area contributed by atoms with Crippen LogP contribution in [-0.2, 0) is 0 Å². The van der Waals surface area contributed by atoms with E-state index in [0.29, 0.717) is 5.82 Å². The van der Waals surface area contributed by atoms with E-state index in [4.69, 9.17) is 0 Å². The number of nitro groups is 1. The number of nitrogens with one attached hydrogen (secondary N) is 1. The first kappa shape index (κ1) is 17.3. The zero-order chi connectivity index (χ0) is 17.7. The van der Waals surface area contributed by atoms with Gasteiger partial charge in [-0.15, -0.1) is 0 Å². The van der Waals surface area contributed by atoms with Crippen LogP contribution in [0.1, 0.15) is 31.2 Å². The molecule has 0 saturated carbocycles. The van der Waals surface area contributed by atoms with Crippen LogP contribution < -0.4 is 10.3 Å². The van der Waals surface area contributed by atoms with Gasteiger partial charge in [0.1, 0.15) is 11.6 Å². The SMILES string of the molecule is CC(C)c1nc(N/N=C/c2ccc([N+](=O)[O-])cc2)cc(N(C)C)n1. The van der Waals surface area contributed by atoms with Gasteiger partial charge in [0.25, 0.3) is 5.69 Å². The molecule has 0 aliphatic rings. The van der Waals surface area contributed by atoms with E-state index in [1.165, 1.54) is 12.1 Å². The minimum atomic E-state index is -0.434. The molecule has 24 heavy (non-hydrogen) atoms. The molecule has 1 aromatic carbocycles. The van der Waals surface area contributed by atoms with Crippen molar-refractivity contribution in [1.82, 2.24) is 9.97 Å². The number of nitro benzene ring substituents is 1. The molecule has 2 aromatic rings. The molecule has 126 valence electrons. The molecule has 1 N–H and O–H groups in total. The molecule has 0 atom stereocenters. The Morgan fingerprint density at radius 2 is 1.92 bits per heavy atom. The first-order valence-electron chi connectivity index (χ1n) is 7.46. The van der Waals surface area contributed by atoms with Gasteiger partial charge in [0.15, 0.2) is 5.82 Å². The van der Waals surface area contributed by atoms with Gasteiger partial charge in [-0.3, -0.25) is 15.5 Å². The lowest BCUT2D eigenvalue weighted by Crippen LogP contribution is -2.13. The molecule has 0 spiro atoms. The Hall–Kier alpha value is -3.03. The molecule has 0 aliphatic carbocycles. The van der Waals surface area contributed by atoms with E-state index in [0.717, 1.165) is 17.2 Å². The number of nitrogens with zero attached hydrogens (tertiary/aromatic N) is 5. The fourth-order valence-electron chi connectivity index (χ4n) is 1.85. The molecule has 1 aromatic heterocycles. The fraction of sp³-hybridized carbons (Fsp3) is 0.312. The van der Waals surface area contributed by atoms with Crippen LogP contribution in [0, 0.1) is 10.1 Å². The molecule has 0 fully saturated rings. The molecule has 0 saturated heterocycles. The van der Waals surface area contributed by atoms with Gasteiger partial charge in [-0.1, -0.05) is 13.8 Å². The summed E-state index contributed by atoms with van der Waals surface area (Å²) < 4.78 is 0. The zero-order valence-electron chi connectivity index (χ0n) is 14.1. The quantitative estimate of drug-likeness (QED) is 0.497. The Labute approximate surface area is 140 Å². The second kappa shape index (κ2) is 7.49. The van der Waals surface area contributed by atoms with Crippen molar-refractivity contribution in [2.45, 2.75) is 19.8 Å². The van der Waals surface area contributed by atoms with E-state index < -0.39 is 4.92 Å². The summed E-state index contributed by atoms with van der Waals surface area (Å²) in [4.78, 5) is 21.0. The molecule has 8 nitrogen and oxygen atoms in total. The predicted octanol–water partition coefficient (Wildman–Crippen LogP) is 3.02. The number of hydrazone groups is 1. The number of aromatic nitrogens is 2. The second-order valence-corrected chi connectivity index (χ2v) is 5.74. The highest BCUT2D eigenvalue weighted by Crippen LogP contribution is 2.18. The maximum Gasteiger partial charge on any atom is 0.269 e. The van der Waals surface area contributed by atoms with Crippen LogP contribution >= 0.6 is 0 Å². The van der Waals surface area contributed by atoms with Crippen molar-refractivity contribution in [3.8, 4) is 0 Å². The number of non-ortho nitro benzene ring substituents is 1. The van der Waals surface area contributed by atoms with Crippen molar-refractivity contribution >= 4 is 23.5 Å². The van der Waals surface area contributed by atoms with Crippen molar-refractivity contribution in [3.63, 3.8) is 0 Å². The first-order valence-corrected chi connectivity index (χ1v) is 7.46. The smallest absolute Gasteiger partial charge is 0.269 e. The summed E-state index contributed by atoms with van der Waals surface area (Å²) in [5.41, 5.74) is 3.68. The van der Waals surface area contributed by atoms with E-state index in [-0.39, 0.29) is 11.6 Å². The fourth-order valence-corrected chi connectivity index (χ4v) is 1.85. The highest BCUT2D eigenvalue weighted by Gasteiger charge is 2.09. The summed E-state index contributed by atoms with van der Waals surface area (Å²) in [6, 6.07) is 7.95. The average Bonchev–Trinajstić information content (AvgIpc) is 2.55. The van der Waals surface area contributed by atoms with Gasteiger partial charge in [0, 0.05) is 38.2 Å². The monoisotopic (exact) mass is 328 g/mol. The summed E-state index contributed by atoms with van der Waals surface area (Å²) >= 11 is 0. The topological polar surface area (TPSA) is 96.5 Å². The average molecular weight is 328 g/mol. The van der Waals surface area contributed by atoms with E-state index in [1.807, 2.05) is 32.8 Å². The van der Waals surface area contributed by atoms with Crippen molar-refractivity contribution in [3.05, 3.63) is 51.8 Å². The van der Waals surface area contributed by atoms with Gasteiger partial charge in [0.2, 0.25) is 0 Å². The Kier molecular flexibility index (Phi) is 5.41. The van der Waals surface area contributed by atoms with E-state index in [2.05, 4.69) is 20.5 Å². The highest BCUT2D eigenvalue weighted by atomic mass is 16.6. The largest absolute Gasteiger partial charge is 0.363 e. The third-order valence-electron chi connectivity index (χ3n) is 3.20. The van der Waals surface area contributed by atoms with Crippen molar-refractivity contribution in [2.24, 2.45) is 5.10 Å². The first-order chi connectivity index (χ1) is 11.4. The maximum absolute atomic E-state index is 10.6. The van der Waals surface area contributed by atoms with Gasteiger partial charge >= 0.3 is 0 Å². The minimum Gasteiger partial charge on any atom is -0.363 e. The number of hydrogen-bond donors (Lipinski definition) is 1. The number of hydrogen-bond acceptors (Lipinski definition) is 7. The summed E-state index contributed by atoms with van der Waals surface area (Å²) in [6.45, 7) is 4.05. The second-order valence-electron chi connectivity index (χ2n) is 5.74. The number of anilines is 2. The van der Waals surface area contributed by atoms with E-state index >= 15 is 0 Å². The molecule has 8 heteroatoms. The van der Waals surface area contributed by atoms with Crippen molar-refractivity contribution < 1.29 is 4.92 Å². The van der Waals surface area contributed by atoms with Gasteiger partial charge in [-0.2, -0.15) is 5.10 Å². The zero-order valence-corrected chi connectivity index (χ0v) is 14.1. The van der Waals surface area contributed by atoms with Crippen LogP contribution in [0.15, 0.2) is 35.4 Å². The third-order valence-corrected chi connectivity index (χ3v) is 3.20. The van der Waals surface area contributed by atoms with Gasteiger partial charge in [-0.25, -0.2) is 9.97 Å². The van der Waals surface area contributed by atoms with Crippen LogP contribution in [-0.4, -0.2) is 35.2 Å². The summed E-state index contributed by atoms with van der Waals surface area (Å²) in [5, 5.41) is 14.8. The lowest BCUT2D eigenvalue weighted by molar-refractivity contribution is -0.384. The molecule has 1 heterocycles. The predicted molar refractivity (Wildman–Crippen MR) is 94.8 cm³/mol. The van der Waals surface area contributed by atoms with Crippen LogP contribution in [0.25, 0.3) is 0 Å². The number of rotatable bonds is 6. The molecule has 0 amide bonds. The highest BCUT2D eigenvalue weighted by molar-refractivity contribution is 5.80. The van der Waals surface area contributed by atoms with E-state index in [1.54, 1.807) is 24.4 Å². The maximum atomic E-state index is 10.6. The molecule has 0 unspecified atom stereocenters. The van der Waals surface area contributed by atoms with Gasteiger partial charge < -0.3 is 4.90 Å². The molecular formula is C16H20N6O2. The molecule has 0 aliphatic heterocycles. The Morgan fingerprint density at radius 1 is 1.25 bits per heavy atom. The lowest BCUT2D eigenvalue weighted by Gasteiger charge is -2.15. The standard InChI is InChI=1S/C16H20N6O2/c1-11(2)16-18-14(9-15(19-16)21(3)4)20-17-10-12-5-7-13(8-6-12)22(23)24/h5-11H,1-4H3,(H,18,19,20)/b17-10+. The lowest BCUT2D eigenvalue weighted by atomic mass is 10.2. The van der Waals surface area contributed by atoms with E-state index in [9.17, 15) is 10.1 Å². The number of benzene rings is 1. The van der Waals surface area contributed by atoms with Gasteiger partial charge in [-0.05, 0) is 17.7 Å². The Balaban J connectivity index is 2.14. The Morgan fingerprint density at radius 3 is 2.46 bits per heavy atom. The third kappa shape index (κ3) is 4.48. The molecule has 0 bridgehead atoms. The minimum absolute atomic E-state index is 0.0492. The van der Waals surface area contributed by atoms with Crippen molar-refractivity contribution in [2.75, 3.05) is 24.4 Å². The van der Waals surface area contributed by atoms with Gasteiger partial charge in [0.05, 0.1) is 11.1 Å². The normalized spacial score (nSPS) is 11.0. The molecular weight excluding hydrogens is 308 g/mol. The van der Waals surface area contributed by atoms with Crippen LogP contribution in [0.4, 0.5) is 17.3 Å². The van der Waals surface area contributed by atoms with Crippen LogP contribution in [0.2, 0.25) is 0 Å². The van der Waals surface area contributed by atoms with Crippen LogP contribution in [0.5, 0.6) is 0 Å². The summed E-state index contributed by atoms with van der Waals surface area (Å²) in [6.07, 6.45) is 1.58. The summed E-state index contributed by atoms with van der Waals surface area (Å²) in [5.74, 6) is 2.32. The molecule has 2 rings (SSSR count).